The van der Waals surface area contributed by atoms with Gasteiger partial charge in [-0.05, 0) is 46.5 Å². The van der Waals surface area contributed by atoms with Crippen molar-refractivity contribution in [1.82, 2.24) is 0 Å². The normalized spacial score (nSPS) is 13.2. The minimum Gasteiger partial charge on any atom is -0.103 e. The number of hydrogen-bond donors (Lipinski definition) is 0. The molecule has 0 atom stereocenters. The molecule has 0 heteroatoms. The lowest BCUT2D eigenvalue weighted by Crippen LogP contribution is -1.80. The van der Waals surface area contributed by atoms with Crippen LogP contribution in [0.15, 0.2) is 36.0 Å². The monoisotopic (exact) mass is 178 g/mol. The molecule has 0 rings (SSSR count). The van der Waals surface area contributed by atoms with Crippen molar-refractivity contribution in [2.45, 2.75) is 46.5 Å². The van der Waals surface area contributed by atoms with E-state index in [9.17, 15) is 0 Å². The van der Waals surface area contributed by atoms with Crippen LogP contribution in [0.1, 0.15) is 46.5 Å². The SMILES string of the molecule is C=CCCC=C(C)CCC(C)=CC. The van der Waals surface area contributed by atoms with E-state index >= 15 is 0 Å². The molecule has 0 fully saturated rings. The molecule has 0 unspecified atom stereocenters. The topological polar surface area (TPSA) is 0 Å². The van der Waals surface area contributed by atoms with Gasteiger partial charge in [0.05, 0.1) is 0 Å². The first-order valence-corrected chi connectivity index (χ1v) is 5.09. The van der Waals surface area contributed by atoms with Gasteiger partial charge >= 0.3 is 0 Å². The molecule has 0 spiro atoms. The van der Waals surface area contributed by atoms with Crippen molar-refractivity contribution < 1.29 is 0 Å². The Morgan fingerprint density at radius 1 is 1.08 bits per heavy atom. The first-order valence-electron chi connectivity index (χ1n) is 5.09. The first-order chi connectivity index (χ1) is 6.20. The van der Waals surface area contributed by atoms with Crippen LogP contribution in [0, 0.1) is 0 Å². The molecule has 0 aliphatic heterocycles. The van der Waals surface area contributed by atoms with Crippen LogP contribution in [0.3, 0.4) is 0 Å². The van der Waals surface area contributed by atoms with Crippen molar-refractivity contribution in [2.24, 2.45) is 0 Å². The lowest BCUT2D eigenvalue weighted by molar-refractivity contribution is 0.903. The van der Waals surface area contributed by atoms with Crippen LogP contribution in [0.4, 0.5) is 0 Å². The highest BCUT2D eigenvalue weighted by atomic mass is 14.0. The molecule has 0 saturated heterocycles. The molecule has 0 nitrogen and oxygen atoms in total. The Morgan fingerprint density at radius 2 is 1.69 bits per heavy atom. The van der Waals surface area contributed by atoms with Crippen LogP contribution in [0.2, 0.25) is 0 Å². The van der Waals surface area contributed by atoms with Gasteiger partial charge in [-0.25, -0.2) is 0 Å². The van der Waals surface area contributed by atoms with E-state index in [0.29, 0.717) is 0 Å². The highest BCUT2D eigenvalue weighted by molar-refractivity contribution is 5.04. The number of rotatable bonds is 6. The van der Waals surface area contributed by atoms with Gasteiger partial charge in [0.2, 0.25) is 0 Å². The third kappa shape index (κ3) is 7.58. The molecule has 0 aromatic heterocycles. The molecule has 0 bridgehead atoms. The predicted molar refractivity (Wildman–Crippen MR) is 61.9 cm³/mol. The Morgan fingerprint density at radius 3 is 2.23 bits per heavy atom. The quantitative estimate of drug-likeness (QED) is 0.410. The minimum atomic E-state index is 1.10. The van der Waals surface area contributed by atoms with Gasteiger partial charge in [-0.15, -0.1) is 6.58 Å². The van der Waals surface area contributed by atoms with Crippen LogP contribution in [-0.4, -0.2) is 0 Å². The molecule has 0 heterocycles. The highest BCUT2D eigenvalue weighted by Gasteiger charge is 1.91. The van der Waals surface area contributed by atoms with E-state index in [1.54, 1.807) is 0 Å². The summed E-state index contributed by atoms with van der Waals surface area (Å²) >= 11 is 0. The Bertz CT molecular complexity index is 194. The van der Waals surface area contributed by atoms with Crippen LogP contribution >= 0.6 is 0 Å². The van der Waals surface area contributed by atoms with Gasteiger partial charge in [-0.3, -0.25) is 0 Å². The fourth-order valence-electron chi connectivity index (χ4n) is 1.09. The van der Waals surface area contributed by atoms with Crippen LogP contribution in [0.5, 0.6) is 0 Å². The third-order valence-corrected chi connectivity index (χ3v) is 2.27. The Balaban J connectivity index is 3.66. The van der Waals surface area contributed by atoms with Crippen LogP contribution < -0.4 is 0 Å². The summed E-state index contributed by atoms with van der Waals surface area (Å²) in [5.41, 5.74) is 2.99. The number of hydrogen-bond acceptors (Lipinski definition) is 0. The van der Waals surface area contributed by atoms with Gasteiger partial charge in [-0.1, -0.05) is 29.4 Å². The maximum atomic E-state index is 3.71. The van der Waals surface area contributed by atoms with E-state index in [1.807, 2.05) is 6.08 Å². The van der Waals surface area contributed by atoms with E-state index in [4.69, 9.17) is 0 Å². The zero-order valence-electron chi connectivity index (χ0n) is 9.27. The summed E-state index contributed by atoms with van der Waals surface area (Å²) in [7, 11) is 0. The second-order valence-corrected chi connectivity index (χ2v) is 3.55. The van der Waals surface area contributed by atoms with Crippen LogP contribution in [0.25, 0.3) is 0 Å². The Hall–Kier alpha value is -0.780. The Labute approximate surface area is 83.0 Å². The predicted octanol–water partition coefficient (Wildman–Crippen LogP) is 4.65. The van der Waals surface area contributed by atoms with E-state index in [2.05, 4.69) is 39.5 Å². The first kappa shape index (κ1) is 12.2. The van der Waals surface area contributed by atoms with Crippen molar-refractivity contribution in [1.29, 1.82) is 0 Å². The zero-order valence-corrected chi connectivity index (χ0v) is 9.27. The third-order valence-electron chi connectivity index (χ3n) is 2.27. The molecule has 0 aromatic rings. The highest BCUT2D eigenvalue weighted by Crippen LogP contribution is 2.11. The van der Waals surface area contributed by atoms with E-state index in [-0.39, 0.29) is 0 Å². The summed E-state index contributed by atoms with van der Waals surface area (Å²) in [4.78, 5) is 0. The molecule has 74 valence electrons. The van der Waals surface area contributed by atoms with Crippen molar-refractivity contribution >= 4 is 0 Å². The average molecular weight is 178 g/mol. The van der Waals surface area contributed by atoms with Crippen LogP contribution in [-0.2, 0) is 0 Å². The second kappa shape index (κ2) is 7.85. The molecule has 0 aliphatic carbocycles. The molecular formula is C13H22. The maximum absolute atomic E-state index is 3.71. The van der Waals surface area contributed by atoms with Crippen molar-refractivity contribution in [3.63, 3.8) is 0 Å². The molecule has 0 N–H and O–H groups in total. The standard InChI is InChI=1S/C13H22/c1-5-7-8-9-13(4)11-10-12(3)6-2/h5-6,9H,1,7-8,10-11H2,2-4H3. The molecule has 13 heavy (non-hydrogen) atoms. The maximum Gasteiger partial charge on any atom is -0.0286 e. The molecule has 0 aromatic carbocycles. The average Bonchev–Trinajstić information content (AvgIpc) is 2.14. The fourth-order valence-corrected chi connectivity index (χ4v) is 1.09. The van der Waals surface area contributed by atoms with E-state index in [1.165, 1.54) is 24.0 Å². The van der Waals surface area contributed by atoms with Gasteiger partial charge in [0, 0.05) is 0 Å². The summed E-state index contributed by atoms with van der Waals surface area (Å²) < 4.78 is 0. The zero-order chi connectivity index (χ0) is 10.1. The van der Waals surface area contributed by atoms with Gasteiger partial charge in [0.25, 0.3) is 0 Å². The van der Waals surface area contributed by atoms with Crippen molar-refractivity contribution in [2.75, 3.05) is 0 Å². The lowest BCUT2D eigenvalue weighted by Gasteiger charge is -2.01. The molecule has 0 amide bonds. The fraction of sp³-hybridized carbons (Fsp3) is 0.538. The molecule has 0 aliphatic rings. The summed E-state index contributed by atoms with van der Waals surface area (Å²) in [6.45, 7) is 10.2. The molecule has 0 radical (unpaired) electrons. The number of unbranched alkanes of at least 4 members (excludes halogenated alkanes) is 1. The van der Waals surface area contributed by atoms with Crippen molar-refractivity contribution in [3.05, 3.63) is 36.0 Å². The smallest absolute Gasteiger partial charge is 0.0286 e. The lowest BCUT2D eigenvalue weighted by atomic mass is 10.1. The Kier molecular flexibility index (Phi) is 7.38. The molecular weight excluding hydrogens is 156 g/mol. The van der Waals surface area contributed by atoms with Crippen molar-refractivity contribution in [3.8, 4) is 0 Å². The summed E-state index contributed by atoms with van der Waals surface area (Å²) in [6, 6.07) is 0. The largest absolute Gasteiger partial charge is 0.103 e. The second-order valence-electron chi connectivity index (χ2n) is 3.55. The van der Waals surface area contributed by atoms with E-state index in [0.717, 1.165) is 12.8 Å². The van der Waals surface area contributed by atoms with Gasteiger partial charge in [-0.2, -0.15) is 0 Å². The van der Waals surface area contributed by atoms with Gasteiger partial charge in [0.1, 0.15) is 0 Å². The summed E-state index contributed by atoms with van der Waals surface area (Å²) in [5.74, 6) is 0. The molecule has 0 saturated carbocycles. The van der Waals surface area contributed by atoms with Gasteiger partial charge < -0.3 is 0 Å². The number of allylic oxidation sites excluding steroid dienone is 5. The van der Waals surface area contributed by atoms with Gasteiger partial charge in [0.15, 0.2) is 0 Å². The minimum absolute atomic E-state index is 1.10. The summed E-state index contributed by atoms with van der Waals surface area (Å²) in [6.07, 6.45) is 11.1. The van der Waals surface area contributed by atoms with E-state index < -0.39 is 0 Å². The summed E-state index contributed by atoms with van der Waals surface area (Å²) in [5, 5.41) is 0.